The van der Waals surface area contributed by atoms with Crippen LogP contribution < -0.4 is 16.1 Å². The lowest BCUT2D eigenvalue weighted by molar-refractivity contribution is -0.148. The Morgan fingerprint density at radius 1 is 1.50 bits per heavy atom. The lowest BCUT2D eigenvalue weighted by atomic mass is 10.0. The number of amides is 1. The number of allylic oxidation sites excluding steroid dienone is 3. The molecule has 0 aliphatic heterocycles. The van der Waals surface area contributed by atoms with Crippen LogP contribution in [0, 0.1) is 11.3 Å². The summed E-state index contributed by atoms with van der Waals surface area (Å²) in [5.74, 6) is -1.54. The van der Waals surface area contributed by atoms with Gasteiger partial charge in [-0.2, -0.15) is 0 Å². The number of carbonyl (C=O) groups is 1. The maximum absolute atomic E-state index is 12.2. The molecular formula is C12H13N5O3. The number of carbonyl (C=O) groups excluding carboxylic acids is 1. The summed E-state index contributed by atoms with van der Waals surface area (Å²) in [7, 11) is 0. The average Bonchev–Trinajstić information content (AvgIpc) is 2.46. The highest BCUT2D eigenvalue weighted by Crippen LogP contribution is 2.16. The second-order valence-corrected chi connectivity index (χ2v) is 4.02. The van der Waals surface area contributed by atoms with E-state index in [0.29, 0.717) is 11.5 Å². The van der Waals surface area contributed by atoms with Crippen LogP contribution in [0.1, 0.15) is 6.42 Å². The maximum Gasteiger partial charge on any atom is 0.270 e. The van der Waals surface area contributed by atoms with Crippen LogP contribution in [0.4, 0.5) is 0 Å². The Kier molecular flexibility index (Phi) is 3.94. The number of hydrogen-bond donors (Lipinski definition) is 3. The number of H-pyrrole nitrogens is 1. The third-order valence-corrected chi connectivity index (χ3v) is 2.56. The van der Waals surface area contributed by atoms with Crippen LogP contribution in [-0.4, -0.2) is 27.1 Å². The average molecular weight is 275 g/mol. The number of hydrogen-bond acceptors (Lipinski definition) is 5. The minimum atomic E-state index is -0.564. The number of rotatable bonds is 3. The van der Waals surface area contributed by atoms with E-state index in [9.17, 15) is 9.59 Å². The first-order valence-corrected chi connectivity index (χ1v) is 5.83. The van der Waals surface area contributed by atoms with Gasteiger partial charge in [0.05, 0.1) is 5.92 Å². The molecule has 0 fully saturated rings. The number of hydroxylamine groups is 2. The van der Waals surface area contributed by atoms with Gasteiger partial charge in [0.25, 0.3) is 17.3 Å². The van der Waals surface area contributed by atoms with E-state index in [1.807, 2.05) is 12.2 Å². The van der Waals surface area contributed by atoms with Crippen molar-refractivity contribution in [1.29, 1.82) is 5.41 Å². The van der Waals surface area contributed by atoms with Crippen LogP contribution in [0.25, 0.3) is 0 Å². The van der Waals surface area contributed by atoms with Gasteiger partial charge in [-0.05, 0) is 6.42 Å². The molecule has 1 amide bonds. The first-order valence-electron chi connectivity index (χ1n) is 5.83. The van der Waals surface area contributed by atoms with Gasteiger partial charge >= 0.3 is 0 Å². The second kappa shape index (κ2) is 5.83. The maximum atomic E-state index is 12.2. The van der Waals surface area contributed by atoms with Gasteiger partial charge < -0.3 is 10.6 Å². The van der Waals surface area contributed by atoms with Crippen LogP contribution in [0.3, 0.4) is 0 Å². The van der Waals surface area contributed by atoms with Crippen molar-refractivity contribution in [2.45, 2.75) is 6.42 Å². The number of guanidine groups is 1. The van der Waals surface area contributed by atoms with Crippen molar-refractivity contribution >= 4 is 11.9 Å². The van der Waals surface area contributed by atoms with Crippen LogP contribution in [0.5, 0.6) is 5.88 Å². The van der Waals surface area contributed by atoms with E-state index in [4.69, 9.17) is 16.0 Å². The molecule has 8 heteroatoms. The fraction of sp³-hybridized carbons (Fsp3) is 0.167. The number of nitrogens with one attached hydrogen (secondary N) is 2. The van der Waals surface area contributed by atoms with Gasteiger partial charge in [-0.15, -0.1) is 10.2 Å². The van der Waals surface area contributed by atoms with Crippen LogP contribution in [0.2, 0.25) is 0 Å². The summed E-state index contributed by atoms with van der Waals surface area (Å²) in [4.78, 5) is 28.2. The molecule has 20 heavy (non-hydrogen) atoms. The zero-order valence-electron chi connectivity index (χ0n) is 10.4. The van der Waals surface area contributed by atoms with E-state index in [0.717, 1.165) is 0 Å². The standard InChI is InChI=1S/C12H13N5O3/c13-12(14)17(11(19)8-4-2-1-3-5-8)20-10-7-6-9(18)15-16-10/h1-4,6-8H,5H2,(H3,13,14)(H,15,18). The predicted molar refractivity (Wildman–Crippen MR) is 70.6 cm³/mol. The van der Waals surface area contributed by atoms with Gasteiger partial charge in [0.15, 0.2) is 0 Å². The normalized spacial score (nSPS) is 16.7. The van der Waals surface area contributed by atoms with Gasteiger partial charge in [0.1, 0.15) is 0 Å². The zero-order chi connectivity index (χ0) is 14.5. The molecule has 0 saturated carbocycles. The van der Waals surface area contributed by atoms with Gasteiger partial charge in [-0.1, -0.05) is 24.3 Å². The zero-order valence-corrected chi connectivity index (χ0v) is 10.4. The van der Waals surface area contributed by atoms with Crippen LogP contribution in [0.15, 0.2) is 41.2 Å². The molecule has 1 unspecified atom stereocenters. The fourth-order valence-electron chi connectivity index (χ4n) is 1.60. The highest BCUT2D eigenvalue weighted by atomic mass is 16.7. The minimum Gasteiger partial charge on any atom is -0.367 e. The van der Waals surface area contributed by atoms with Crippen molar-refractivity contribution in [3.8, 4) is 5.88 Å². The molecular weight excluding hydrogens is 262 g/mol. The Morgan fingerprint density at radius 3 is 2.85 bits per heavy atom. The SMILES string of the molecule is N=C(N)N(Oc1ccc(=O)[nH]n1)C(=O)C1C=CC=CC1. The van der Waals surface area contributed by atoms with Crippen LogP contribution in [-0.2, 0) is 4.79 Å². The molecule has 2 rings (SSSR count). The molecule has 104 valence electrons. The number of nitrogens with two attached hydrogens (primary N) is 1. The molecule has 4 N–H and O–H groups in total. The molecule has 0 saturated heterocycles. The Labute approximate surface area is 114 Å². The third kappa shape index (κ3) is 3.10. The summed E-state index contributed by atoms with van der Waals surface area (Å²) in [6, 6.07) is 2.47. The molecule has 1 aliphatic carbocycles. The molecule has 1 heterocycles. The van der Waals surface area contributed by atoms with E-state index < -0.39 is 23.3 Å². The van der Waals surface area contributed by atoms with Crippen molar-refractivity contribution in [3.05, 3.63) is 46.8 Å². The van der Waals surface area contributed by atoms with Gasteiger partial charge in [-0.3, -0.25) is 15.0 Å². The van der Waals surface area contributed by atoms with Crippen molar-refractivity contribution < 1.29 is 9.63 Å². The highest BCUT2D eigenvalue weighted by molar-refractivity contribution is 5.95. The van der Waals surface area contributed by atoms with Crippen molar-refractivity contribution in [2.24, 2.45) is 11.7 Å². The Bertz CT molecular complexity index is 614. The summed E-state index contributed by atoms with van der Waals surface area (Å²) >= 11 is 0. The van der Waals surface area contributed by atoms with Crippen LogP contribution >= 0.6 is 0 Å². The lowest BCUT2D eigenvalue weighted by Gasteiger charge is -2.23. The molecule has 8 nitrogen and oxygen atoms in total. The molecule has 1 aliphatic rings. The topological polar surface area (TPSA) is 125 Å². The summed E-state index contributed by atoms with van der Waals surface area (Å²) in [5, 5.41) is 13.8. The number of nitrogens with zero attached hydrogens (tertiary/aromatic N) is 2. The van der Waals surface area contributed by atoms with E-state index in [1.165, 1.54) is 12.1 Å². The molecule has 1 aromatic rings. The molecule has 1 aromatic heterocycles. The van der Waals surface area contributed by atoms with Crippen molar-refractivity contribution in [1.82, 2.24) is 15.3 Å². The first kappa shape index (κ1) is 13.5. The monoisotopic (exact) mass is 275 g/mol. The quantitative estimate of drug-likeness (QED) is 0.404. The number of aromatic nitrogens is 2. The smallest absolute Gasteiger partial charge is 0.270 e. The molecule has 0 aromatic carbocycles. The van der Waals surface area contributed by atoms with E-state index in [1.54, 1.807) is 12.2 Å². The highest BCUT2D eigenvalue weighted by Gasteiger charge is 2.26. The van der Waals surface area contributed by atoms with E-state index in [2.05, 4.69) is 10.2 Å². The largest absolute Gasteiger partial charge is 0.367 e. The van der Waals surface area contributed by atoms with E-state index in [-0.39, 0.29) is 5.88 Å². The summed E-state index contributed by atoms with van der Waals surface area (Å²) in [6.45, 7) is 0. The molecule has 0 spiro atoms. The molecule has 0 bridgehead atoms. The lowest BCUT2D eigenvalue weighted by Crippen LogP contribution is -2.46. The van der Waals surface area contributed by atoms with Gasteiger partial charge in [0, 0.05) is 12.1 Å². The Hall–Kier alpha value is -2.90. The predicted octanol–water partition coefficient (Wildman–Crippen LogP) is -0.0819. The third-order valence-electron chi connectivity index (χ3n) is 2.56. The Morgan fingerprint density at radius 2 is 2.30 bits per heavy atom. The van der Waals surface area contributed by atoms with E-state index >= 15 is 0 Å². The van der Waals surface area contributed by atoms with Gasteiger partial charge in [0.2, 0.25) is 5.96 Å². The minimum absolute atomic E-state index is 0.0384. The summed E-state index contributed by atoms with van der Waals surface area (Å²) in [5.41, 5.74) is 4.94. The number of aromatic amines is 1. The second-order valence-electron chi connectivity index (χ2n) is 4.02. The Balaban J connectivity index is 2.14. The van der Waals surface area contributed by atoms with Crippen molar-refractivity contribution in [2.75, 3.05) is 0 Å². The van der Waals surface area contributed by atoms with Gasteiger partial charge in [-0.25, -0.2) is 5.10 Å². The summed E-state index contributed by atoms with van der Waals surface area (Å²) < 4.78 is 0. The molecule has 0 radical (unpaired) electrons. The molecule has 1 atom stereocenters. The fourth-order valence-corrected chi connectivity index (χ4v) is 1.60. The summed E-state index contributed by atoms with van der Waals surface area (Å²) in [6.07, 6.45) is 7.59. The van der Waals surface area contributed by atoms with Crippen molar-refractivity contribution in [3.63, 3.8) is 0 Å². The first-order chi connectivity index (χ1) is 9.58.